The summed E-state index contributed by atoms with van der Waals surface area (Å²) in [6.07, 6.45) is 5.95. The van der Waals surface area contributed by atoms with Gasteiger partial charge in [0.05, 0.1) is 0 Å². The van der Waals surface area contributed by atoms with E-state index in [4.69, 9.17) is 4.98 Å². The Kier molecular flexibility index (Phi) is 5.12. The van der Waals surface area contributed by atoms with Gasteiger partial charge in [-0.2, -0.15) is 0 Å². The molecule has 0 saturated heterocycles. The Balaban J connectivity index is 1.06. The molecule has 0 amide bonds. The van der Waals surface area contributed by atoms with Crippen molar-refractivity contribution in [2.24, 2.45) is 0 Å². The molecule has 4 heterocycles. The van der Waals surface area contributed by atoms with Gasteiger partial charge in [-0.1, -0.05) is 80.6 Å². The van der Waals surface area contributed by atoms with Crippen LogP contribution in [0, 0.1) is 0 Å². The lowest BCUT2D eigenvalue weighted by atomic mass is 9.81. The van der Waals surface area contributed by atoms with Crippen LogP contribution in [0.5, 0.6) is 0 Å². The molecule has 0 atom stereocenters. The Bertz CT molecular complexity index is 2360. The van der Waals surface area contributed by atoms with Crippen LogP contribution in [0.1, 0.15) is 25.0 Å². The molecule has 1 aliphatic rings. The number of pyridine rings is 2. The highest BCUT2D eigenvalue weighted by molar-refractivity contribution is 7.25. The van der Waals surface area contributed by atoms with E-state index in [1.54, 1.807) is 11.3 Å². The Labute approximate surface area is 253 Å². The molecule has 4 heteroatoms. The second-order valence-corrected chi connectivity index (χ2v) is 13.0. The molecule has 0 N–H and O–H groups in total. The van der Waals surface area contributed by atoms with Crippen molar-refractivity contribution >= 4 is 37.4 Å². The number of rotatable bonds is 3. The van der Waals surface area contributed by atoms with Gasteiger partial charge in [-0.3, -0.25) is 9.38 Å². The highest BCUT2D eigenvalue weighted by Crippen LogP contribution is 2.50. The van der Waals surface area contributed by atoms with Crippen molar-refractivity contribution < 1.29 is 0 Å². The Morgan fingerprint density at radius 1 is 0.605 bits per heavy atom. The molecule has 0 saturated carbocycles. The standard InChI is InChI=1S/C39H27N3S/c1-39(2)33-21-27(11-14-30(33)31-15-12-28(22-34(31)39)26-17-19-40-20-18-26)24-7-9-25(10-8-24)29-13-16-36-41-37-32-5-3-4-6-35(32)43-38(37)42(36)23-29/h3-23H,1-2H3. The largest absolute Gasteiger partial charge is 0.290 e. The number of benzene rings is 4. The van der Waals surface area contributed by atoms with E-state index in [1.165, 1.54) is 70.6 Å². The number of thiophene rings is 1. The van der Waals surface area contributed by atoms with E-state index in [-0.39, 0.29) is 5.41 Å². The van der Waals surface area contributed by atoms with Crippen LogP contribution in [-0.2, 0) is 5.41 Å². The van der Waals surface area contributed by atoms with Gasteiger partial charge in [0.15, 0.2) is 0 Å². The summed E-state index contributed by atoms with van der Waals surface area (Å²) in [6.45, 7) is 4.70. The fraction of sp³-hybridized carbons (Fsp3) is 0.0769. The van der Waals surface area contributed by atoms with Crippen molar-refractivity contribution in [1.82, 2.24) is 14.4 Å². The van der Waals surface area contributed by atoms with E-state index < -0.39 is 0 Å². The molecule has 43 heavy (non-hydrogen) atoms. The minimum atomic E-state index is -0.0815. The molecule has 0 fully saturated rings. The lowest BCUT2D eigenvalue weighted by Crippen LogP contribution is -2.15. The summed E-state index contributed by atoms with van der Waals surface area (Å²) < 4.78 is 3.52. The van der Waals surface area contributed by atoms with E-state index in [0.29, 0.717) is 0 Å². The monoisotopic (exact) mass is 569 g/mol. The third kappa shape index (κ3) is 3.66. The molecule has 4 aromatic heterocycles. The summed E-state index contributed by atoms with van der Waals surface area (Å²) in [5.41, 5.74) is 14.7. The fourth-order valence-electron chi connectivity index (χ4n) is 6.82. The van der Waals surface area contributed by atoms with Gasteiger partial charge in [-0.15, -0.1) is 11.3 Å². The van der Waals surface area contributed by atoms with Gasteiger partial charge in [-0.05, 0) is 98.1 Å². The van der Waals surface area contributed by atoms with Crippen molar-refractivity contribution in [3.63, 3.8) is 0 Å². The molecule has 8 aromatic rings. The predicted octanol–water partition coefficient (Wildman–Crippen LogP) is 10.4. The lowest BCUT2D eigenvalue weighted by molar-refractivity contribution is 0.661. The molecule has 204 valence electrons. The maximum Gasteiger partial charge on any atom is 0.138 e. The van der Waals surface area contributed by atoms with Crippen LogP contribution in [-0.4, -0.2) is 14.4 Å². The lowest BCUT2D eigenvalue weighted by Gasteiger charge is -2.22. The average molecular weight is 570 g/mol. The first kappa shape index (κ1) is 24.5. The zero-order chi connectivity index (χ0) is 28.7. The van der Waals surface area contributed by atoms with E-state index in [1.807, 2.05) is 12.4 Å². The second kappa shape index (κ2) is 8.97. The maximum atomic E-state index is 4.94. The Morgan fingerprint density at radius 2 is 1.19 bits per heavy atom. The topological polar surface area (TPSA) is 30.2 Å². The first-order valence-corrected chi connectivity index (χ1v) is 15.5. The zero-order valence-electron chi connectivity index (χ0n) is 23.9. The summed E-state index contributed by atoms with van der Waals surface area (Å²) in [6, 6.07) is 39.8. The van der Waals surface area contributed by atoms with Crippen LogP contribution in [0.15, 0.2) is 128 Å². The van der Waals surface area contributed by atoms with Crippen molar-refractivity contribution in [3.8, 4) is 44.5 Å². The molecule has 4 aromatic carbocycles. The van der Waals surface area contributed by atoms with Crippen molar-refractivity contribution in [2.45, 2.75) is 19.3 Å². The van der Waals surface area contributed by atoms with Crippen LogP contribution >= 0.6 is 11.3 Å². The summed E-state index contributed by atoms with van der Waals surface area (Å²) in [5, 5.41) is 1.23. The summed E-state index contributed by atoms with van der Waals surface area (Å²) in [7, 11) is 0. The summed E-state index contributed by atoms with van der Waals surface area (Å²) >= 11 is 1.80. The molecule has 0 spiro atoms. The first-order valence-electron chi connectivity index (χ1n) is 14.6. The van der Waals surface area contributed by atoms with Gasteiger partial charge in [-0.25, -0.2) is 4.98 Å². The van der Waals surface area contributed by atoms with Crippen molar-refractivity contribution in [2.75, 3.05) is 0 Å². The number of hydrogen-bond acceptors (Lipinski definition) is 3. The van der Waals surface area contributed by atoms with Gasteiger partial charge >= 0.3 is 0 Å². The minimum Gasteiger partial charge on any atom is -0.290 e. The molecular weight excluding hydrogens is 543 g/mol. The molecule has 0 aliphatic heterocycles. The molecule has 9 rings (SSSR count). The van der Waals surface area contributed by atoms with Gasteiger partial charge in [0.2, 0.25) is 0 Å². The van der Waals surface area contributed by atoms with Crippen LogP contribution in [0.4, 0.5) is 0 Å². The summed E-state index contributed by atoms with van der Waals surface area (Å²) in [4.78, 5) is 10.3. The third-order valence-electron chi connectivity index (χ3n) is 9.16. The first-order chi connectivity index (χ1) is 21.0. The normalized spacial score (nSPS) is 13.5. The maximum absolute atomic E-state index is 4.94. The number of nitrogens with zero attached hydrogens (tertiary/aromatic N) is 3. The Morgan fingerprint density at radius 3 is 1.88 bits per heavy atom. The van der Waals surface area contributed by atoms with Gasteiger partial charge in [0.25, 0.3) is 0 Å². The minimum absolute atomic E-state index is 0.0815. The number of fused-ring (bicyclic) bond motifs is 8. The van der Waals surface area contributed by atoms with E-state index >= 15 is 0 Å². The van der Waals surface area contributed by atoms with Gasteiger partial charge in [0.1, 0.15) is 16.0 Å². The van der Waals surface area contributed by atoms with Crippen molar-refractivity contribution in [1.29, 1.82) is 0 Å². The quantitative estimate of drug-likeness (QED) is 0.212. The fourth-order valence-corrected chi connectivity index (χ4v) is 7.94. The highest BCUT2D eigenvalue weighted by atomic mass is 32.1. The third-order valence-corrected chi connectivity index (χ3v) is 10.3. The molecule has 0 radical (unpaired) electrons. The van der Waals surface area contributed by atoms with Gasteiger partial charge < -0.3 is 0 Å². The highest BCUT2D eigenvalue weighted by Gasteiger charge is 2.35. The van der Waals surface area contributed by atoms with Crippen LogP contribution in [0.25, 0.3) is 70.6 Å². The number of hydrogen-bond donors (Lipinski definition) is 0. The molecular formula is C39H27N3S. The van der Waals surface area contributed by atoms with E-state index in [0.717, 1.165) is 11.2 Å². The predicted molar refractivity (Wildman–Crippen MR) is 180 cm³/mol. The van der Waals surface area contributed by atoms with Gasteiger partial charge in [0, 0.05) is 34.1 Å². The van der Waals surface area contributed by atoms with Crippen LogP contribution in [0.2, 0.25) is 0 Å². The zero-order valence-corrected chi connectivity index (χ0v) is 24.7. The Hall–Kier alpha value is -5.06. The average Bonchev–Trinajstić information content (AvgIpc) is 3.67. The number of imidazole rings is 1. The molecule has 0 bridgehead atoms. The van der Waals surface area contributed by atoms with Crippen molar-refractivity contribution in [3.05, 3.63) is 139 Å². The number of aromatic nitrogens is 3. The van der Waals surface area contributed by atoms with Crippen LogP contribution < -0.4 is 0 Å². The summed E-state index contributed by atoms with van der Waals surface area (Å²) in [5.74, 6) is 0. The molecule has 1 aliphatic carbocycles. The van der Waals surface area contributed by atoms with Crippen LogP contribution in [0.3, 0.4) is 0 Å². The van der Waals surface area contributed by atoms with E-state index in [9.17, 15) is 0 Å². The van der Waals surface area contributed by atoms with E-state index in [2.05, 4.69) is 139 Å². The SMILES string of the molecule is CC1(C)c2cc(-c3ccncc3)ccc2-c2ccc(-c3ccc(-c4ccc5nc6c7ccccc7sc6n5c4)cc3)cc21. The second-order valence-electron chi connectivity index (χ2n) is 12.0. The molecule has 0 unspecified atom stereocenters. The molecule has 3 nitrogen and oxygen atoms in total. The smallest absolute Gasteiger partial charge is 0.138 e.